The lowest BCUT2D eigenvalue weighted by molar-refractivity contribution is -0.127. The van der Waals surface area contributed by atoms with Crippen molar-refractivity contribution in [2.45, 2.75) is 52.1 Å². The number of ketones is 1. The summed E-state index contributed by atoms with van der Waals surface area (Å²) in [5, 5.41) is 4.19. The van der Waals surface area contributed by atoms with E-state index >= 15 is 0 Å². The summed E-state index contributed by atoms with van der Waals surface area (Å²) in [5.41, 5.74) is 6.73. The average Bonchev–Trinajstić information content (AvgIpc) is 2.88. The van der Waals surface area contributed by atoms with Gasteiger partial charge in [0.05, 0.1) is 6.20 Å². The molecule has 1 aliphatic carbocycles. The van der Waals surface area contributed by atoms with Crippen molar-refractivity contribution in [3.05, 3.63) is 18.0 Å². The van der Waals surface area contributed by atoms with Crippen molar-refractivity contribution < 1.29 is 4.79 Å². The molecule has 94 valence electrons. The van der Waals surface area contributed by atoms with Gasteiger partial charge in [-0.15, -0.1) is 0 Å². The van der Waals surface area contributed by atoms with Crippen LogP contribution in [0.2, 0.25) is 0 Å². The molecule has 0 aromatic carbocycles. The third kappa shape index (κ3) is 2.27. The summed E-state index contributed by atoms with van der Waals surface area (Å²) in [5.74, 6) is 0.262. The summed E-state index contributed by atoms with van der Waals surface area (Å²) in [6.07, 6.45) is 7.15. The third-order valence-corrected chi connectivity index (χ3v) is 4.04. The number of hydrogen-bond acceptors (Lipinski definition) is 3. The van der Waals surface area contributed by atoms with Crippen molar-refractivity contribution >= 4 is 5.78 Å². The van der Waals surface area contributed by atoms with E-state index in [4.69, 9.17) is 5.73 Å². The lowest BCUT2D eigenvalue weighted by Crippen LogP contribution is -2.41. The van der Waals surface area contributed by atoms with Crippen molar-refractivity contribution in [3.63, 3.8) is 0 Å². The van der Waals surface area contributed by atoms with E-state index < -0.39 is 0 Å². The van der Waals surface area contributed by atoms with Gasteiger partial charge < -0.3 is 5.73 Å². The number of Topliss-reactive ketones (excluding diaryl/α,β-unsaturated/α-hetero) is 1. The number of rotatable bonds is 4. The first-order chi connectivity index (χ1) is 8.06. The van der Waals surface area contributed by atoms with Gasteiger partial charge in [0.2, 0.25) is 0 Å². The fraction of sp³-hybridized carbons (Fsp3) is 0.692. The first kappa shape index (κ1) is 12.3. The van der Waals surface area contributed by atoms with Gasteiger partial charge >= 0.3 is 0 Å². The van der Waals surface area contributed by atoms with Gasteiger partial charge in [0.15, 0.2) is 0 Å². The van der Waals surface area contributed by atoms with Gasteiger partial charge in [-0.25, -0.2) is 0 Å². The topological polar surface area (TPSA) is 60.9 Å². The van der Waals surface area contributed by atoms with Crippen molar-refractivity contribution in [1.29, 1.82) is 0 Å². The highest BCUT2D eigenvalue weighted by Crippen LogP contribution is 2.38. The minimum atomic E-state index is -0.325. The molecule has 17 heavy (non-hydrogen) atoms. The molecule has 0 spiro atoms. The number of hydrogen-bond donors (Lipinski definition) is 1. The SMILES string of the molecule is CCn1cc(CC(=O)C2(C)CCCC2N)cn1. The lowest BCUT2D eigenvalue weighted by atomic mass is 9.79. The fourth-order valence-corrected chi connectivity index (χ4v) is 2.60. The molecule has 1 aromatic heterocycles. The zero-order valence-corrected chi connectivity index (χ0v) is 10.6. The van der Waals surface area contributed by atoms with Crippen molar-refractivity contribution in [2.75, 3.05) is 0 Å². The molecule has 4 nitrogen and oxygen atoms in total. The quantitative estimate of drug-likeness (QED) is 0.861. The Labute approximate surface area is 102 Å². The zero-order chi connectivity index (χ0) is 12.5. The van der Waals surface area contributed by atoms with E-state index in [1.54, 1.807) is 6.20 Å². The van der Waals surface area contributed by atoms with Gasteiger partial charge in [-0.05, 0) is 25.3 Å². The molecule has 1 saturated carbocycles. The monoisotopic (exact) mass is 235 g/mol. The molecule has 0 saturated heterocycles. The fourth-order valence-electron chi connectivity index (χ4n) is 2.60. The van der Waals surface area contributed by atoms with E-state index in [0.717, 1.165) is 31.4 Å². The largest absolute Gasteiger partial charge is 0.327 e. The van der Waals surface area contributed by atoms with Gasteiger partial charge in [-0.3, -0.25) is 9.48 Å². The molecule has 1 aliphatic rings. The smallest absolute Gasteiger partial charge is 0.144 e. The number of aromatic nitrogens is 2. The Morgan fingerprint density at radius 2 is 2.47 bits per heavy atom. The summed E-state index contributed by atoms with van der Waals surface area (Å²) in [4.78, 5) is 12.3. The lowest BCUT2D eigenvalue weighted by Gasteiger charge is -2.27. The second-order valence-electron chi connectivity index (χ2n) is 5.22. The van der Waals surface area contributed by atoms with Crippen LogP contribution in [0.3, 0.4) is 0 Å². The molecule has 0 amide bonds. The molecule has 1 heterocycles. The van der Waals surface area contributed by atoms with Crippen molar-refractivity contribution in [1.82, 2.24) is 9.78 Å². The molecule has 2 atom stereocenters. The standard InChI is InChI=1S/C13H21N3O/c1-3-16-9-10(8-15-16)7-12(17)13(2)6-4-5-11(13)14/h8-9,11H,3-7,14H2,1-2H3. The maximum Gasteiger partial charge on any atom is 0.144 e. The third-order valence-electron chi connectivity index (χ3n) is 4.04. The Bertz CT molecular complexity index is 413. The number of nitrogens with zero attached hydrogens (tertiary/aromatic N) is 2. The van der Waals surface area contributed by atoms with E-state index in [1.165, 1.54) is 0 Å². The number of nitrogens with two attached hydrogens (primary N) is 1. The Morgan fingerprint density at radius 1 is 1.71 bits per heavy atom. The van der Waals surface area contributed by atoms with Crippen LogP contribution in [0.15, 0.2) is 12.4 Å². The van der Waals surface area contributed by atoms with Gasteiger partial charge in [-0.2, -0.15) is 5.10 Å². The minimum absolute atomic E-state index is 0.0243. The van der Waals surface area contributed by atoms with Crippen LogP contribution in [0.1, 0.15) is 38.7 Å². The Morgan fingerprint density at radius 3 is 3.00 bits per heavy atom. The van der Waals surface area contributed by atoms with Crippen LogP contribution < -0.4 is 5.73 Å². The van der Waals surface area contributed by atoms with E-state index in [2.05, 4.69) is 5.10 Å². The first-order valence-electron chi connectivity index (χ1n) is 6.36. The Balaban J connectivity index is 2.06. The molecule has 4 heteroatoms. The molecule has 0 bridgehead atoms. The van der Waals surface area contributed by atoms with E-state index in [0.29, 0.717) is 6.42 Å². The average molecular weight is 235 g/mol. The van der Waals surface area contributed by atoms with Crippen LogP contribution in [-0.4, -0.2) is 21.6 Å². The zero-order valence-electron chi connectivity index (χ0n) is 10.6. The van der Waals surface area contributed by atoms with Crippen molar-refractivity contribution in [3.8, 4) is 0 Å². The second kappa shape index (κ2) is 4.61. The molecule has 0 aliphatic heterocycles. The Hall–Kier alpha value is -1.16. The van der Waals surface area contributed by atoms with Crippen LogP contribution in [0, 0.1) is 5.41 Å². The summed E-state index contributed by atoms with van der Waals surface area (Å²) in [7, 11) is 0. The van der Waals surface area contributed by atoms with E-state index in [1.807, 2.05) is 24.7 Å². The van der Waals surface area contributed by atoms with Gasteiger partial charge in [-0.1, -0.05) is 13.3 Å². The van der Waals surface area contributed by atoms with Gasteiger partial charge in [0, 0.05) is 30.6 Å². The molecule has 2 unspecified atom stereocenters. The van der Waals surface area contributed by atoms with E-state index in [-0.39, 0.29) is 17.2 Å². The summed E-state index contributed by atoms with van der Waals surface area (Å²) in [6, 6.07) is 0.0243. The second-order valence-corrected chi connectivity index (χ2v) is 5.22. The molecule has 2 rings (SSSR count). The first-order valence-corrected chi connectivity index (χ1v) is 6.36. The molecule has 0 radical (unpaired) electrons. The molecule has 2 N–H and O–H groups in total. The predicted octanol–water partition coefficient (Wildman–Crippen LogP) is 1.53. The molecular formula is C13H21N3O. The maximum atomic E-state index is 12.3. The van der Waals surface area contributed by atoms with Crippen LogP contribution >= 0.6 is 0 Å². The maximum absolute atomic E-state index is 12.3. The molecular weight excluding hydrogens is 214 g/mol. The van der Waals surface area contributed by atoms with Crippen LogP contribution in [0.4, 0.5) is 0 Å². The summed E-state index contributed by atoms with van der Waals surface area (Å²) >= 11 is 0. The molecule has 1 fully saturated rings. The highest BCUT2D eigenvalue weighted by atomic mass is 16.1. The number of carbonyl (C=O) groups is 1. The minimum Gasteiger partial charge on any atom is -0.327 e. The Kier molecular flexibility index (Phi) is 3.33. The highest BCUT2D eigenvalue weighted by molar-refractivity contribution is 5.87. The van der Waals surface area contributed by atoms with Crippen LogP contribution in [0.25, 0.3) is 0 Å². The van der Waals surface area contributed by atoms with Crippen LogP contribution in [-0.2, 0) is 17.8 Å². The number of carbonyl (C=O) groups excluding carboxylic acids is 1. The van der Waals surface area contributed by atoms with Gasteiger partial charge in [0.1, 0.15) is 5.78 Å². The highest BCUT2D eigenvalue weighted by Gasteiger charge is 2.42. The van der Waals surface area contributed by atoms with Gasteiger partial charge in [0.25, 0.3) is 0 Å². The van der Waals surface area contributed by atoms with Crippen LogP contribution in [0.5, 0.6) is 0 Å². The normalized spacial score (nSPS) is 28.5. The summed E-state index contributed by atoms with van der Waals surface area (Å²) in [6.45, 7) is 4.88. The van der Waals surface area contributed by atoms with E-state index in [9.17, 15) is 4.79 Å². The van der Waals surface area contributed by atoms with Crippen molar-refractivity contribution in [2.24, 2.45) is 11.1 Å². The predicted molar refractivity (Wildman–Crippen MR) is 66.5 cm³/mol. The number of aryl methyl sites for hydroxylation is 1. The summed E-state index contributed by atoms with van der Waals surface area (Å²) < 4.78 is 1.85. The molecule has 1 aromatic rings.